The van der Waals surface area contributed by atoms with Crippen molar-refractivity contribution in [2.75, 3.05) is 0 Å². The standard InChI is InChI=1S/C21H18N2O/c1-16-11-13-17(14-12-16)23-20-10-6-5-9-19(20)22-21(23)15-24-18-7-3-2-4-8-18/h2-14H,15H2,1H3. The van der Waals surface area contributed by atoms with E-state index >= 15 is 0 Å². The van der Waals surface area contributed by atoms with Crippen LogP contribution in [0.4, 0.5) is 0 Å². The highest BCUT2D eigenvalue weighted by Crippen LogP contribution is 2.23. The fourth-order valence-corrected chi connectivity index (χ4v) is 2.82. The Bertz CT molecular complexity index is 956. The quantitative estimate of drug-likeness (QED) is 0.535. The zero-order valence-electron chi connectivity index (χ0n) is 13.5. The van der Waals surface area contributed by atoms with Gasteiger partial charge in [0.05, 0.1) is 11.0 Å². The molecule has 4 aromatic rings. The predicted octanol–water partition coefficient (Wildman–Crippen LogP) is 4.91. The van der Waals surface area contributed by atoms with Crippen molar-refractivity contribution in [3.05, 3.63) is 90.3 Å². The second-order valence-electron chi connectivity index (χ2n) is 5.79. The molecular formula is C21H18N2O. The number of hydrogen-bond donors (Lipinski definition) is 0. The molecule has 0 saturated heterocycles. The van der Waals surface area contributed by atoms with Gasteiger partial charge in [0.2, 0.25) is 0 Å². The normalized spacial score (nSPS) is 10.9. The molecule has 3 aromatic carbocycles. The summed E-state index contributed by atoms with van der Waals surface area (Å²) in [7, 11) is 0. The Morgan fingerprint density at radius 3 is 2.33 bits per heavy atom. The average Bonchev–Trinajstić information content (AvgIpc) is 3.00. The van der Waals surface area contributed by atoms with E-state index in [0.29, 0.717) is 6.61 Å². The highest BCUT2D eigenvalue weighted by atomic mass is 16.5. The maximum Gasteiger partial charge on any atom is 0.152 e. The van der Waals surface area contributed by atoms with Crippen LogP contribution in [0.2, 0.25) is 0 Å². The highest BCUT2D eigenvalue weighted by molar-refractivity contribution is 5.78. The Kier molecular flexibility index (Phi) is 3.75. The van der Waals surface area contributed by atoms with Crippen molar-refractivity contribution in [2.45, 2.75) is 13.5 Å². The van der Waals surface area contributed by atoms with Crippen LogP contribution >= 0.6 is 0 Å². The first-order valence-electron chi connectivity index (χ1n) is 8.02. The molecule has 4 rings (SSSR count). The summed E-state index contributed by atoms with van der Waals surface area (Å²) in [6, 6.07) is 26.5. The first-order valence-corrected chi connectivity index (χ1v) is 8.02. The van der Waals surface area contributed by atoms with Crippen molar-refractivity contribution in [2.24, 2.45) is 0 Å². The Balaban J connectivity index is 1.76. The monoisotopic (exact) mass is 314 g/mol. The first-order chi connectivity index (χ1) is 11.8. The topological polar surface area (TPSA) is 27.1 Å². The number of aromatic nitrogens is 2. The summed E-state index contributed by atoms with van der Waals surface area (Å²) in [5.41, 5.74) is 4.41. The lowest BCUT2D eigenvalue weighted by molar-refractivity contribution is 0.294. The summed E-state index contributed by atoms with van der Waals surface area (Å²) >= 11 is 0. The Hall–Kier alpha value is -3.07. The summed E-state index contributed by atoms with van der Waals surface area (Å²) in [5.74, 6) is 1.74. The second kappa shape index (κ2) is 6.20. The molecule has 0 bridgehead atoms. The van der Waals surface area contributed by atoms with Gasteiger partial charge in [0.1, 0.15) is 12.4 Å². The Morgan fingerprint density at radius 2 is 1.54 bits per heavy atom. The van der Waals surface area contributed by atoms with E-state index < -0.39 is 0 Å². The van der Waals surface area contributed by atoms with E-state index in [4.69, 9.17) is 9.72 Å². The smallest absolute Gasteiger partial charge is 0.152 e. The number of hydrogen-bond acceptors (Lipinski definition) is 2. The van der Waals surface area contributed by atoms with E-state index in [-0.39, 0.29) is 0 Å². The van der Waals surface area contributed by atoms with Crippen LogP contribution in [0, 0.1) is 6.92 Å². The Labute approximate surface area is 141 Å². The molecule has 0 N–H and O–H groups in total. The van der Waals surface area contributed by atoms with E-state index in [1.165, 1.54) is 5.56 Å². The summed E-state index contributed by atoms with van der Waals surface area (Å²) < 4.78 is 8.09. The molecule has 0 aliphatic heterocycles. The molecule has 0 amide bonds. The third-order valence-corrected chi connectivity index (χ3v) is 4.03. The maximum absolute atomic E-state index is 5.92. The summed E-state index contributed by atoms with van der Waals surface area (Å²) in [4.78, 5) is 4.76. The number of nitrogens with zero attached hydrogens (tertiary/aromatic N) is 2. The van der Waals surface area contributed by atoms with Gasteiger partial charge in [-0.2, -0.15) is 0 Å². The van der Waals surface area contributed by atoms with Crippen LogP contribution in [0.25, 0.3) is 16.7 Å². The molecule has 0 aliphatic rings. The van der Waals surface area contributed by atoms with Crippen LogP contribution in [0.5, 0.6) is 5.75 Å². The zero-order chi connectivity index (χ0) is 16.4. The van der Waals surface area contributed by atoms with Gasteiger partial charge in [-0.1, -0.05) is 48.0 Å². The van der Waals surface area contributed by atoms with Crippen LogP contribution in [-0.2, 0) is 6.61 Å². The van der Waals surface area contributed by atoms with Gasteiger partial charge in [-0.3, -0.25) is 4.57 Å². The van der Waals surface area contributed by atoms with Crippen molar-refractivity contribution in [3.8, 4) is 11.4 Å². The molecule has 1 heterocycles. The second-order valence-corrected chi connectivity index (χ2v) is 5.79. The van der Waals surface area contributed by atoms with Crippen LogP contribution in [0.15, 0.2) is 78.9 Å². The molecule has 0 saturated carbocycles. The fraction of sp³-hybridized carbons (Fsp3) is 0.0952. The number of benzene rings is 3. The largest absolute Gasteiger partial charge is 0.486 e. The number of aryl methyl sites for hydroxylation is 1. The van der Waals surface area contributed by atoms with Crippen LogP contribution in [-0.4, -0.2) is 9.55 Å². The summed E-state index contributed by atoms with van der Waals surface area (Å²) in [5, 5.41) is 0. The summed E-state index contributed by atoms with van der Waals surface area (Å²) in [6.07, 6.45) is 0. The van der Waals surface area contributed by atoms with Crippen molar-refractivity contribution in [3.63, 3.8) is 0 Å². The molecule has 0 spiro atoms. The SMILES string of the molecule is Cc1ccc(-n2c(COc3ccccc3)nc3ccccc32)cc1. The third kappa shape index (κ3) is 2.76. The van der Waals surface area contributed by atoms with E-state index in [1.54, 1.807) is 0 Å². The van der Waals surface area contributed by atoms with E-state index in [2.05, 4.69) is 41.8 Å². The molecule has 118 valence electrons. The van der Waals surface area contributed by atoms with Gasteiger partial charge in [-0.25, -0.2) is 4.98 Å². The summed E-state index contributed by atoms with van der Waals surface area (Å²) in [6.45, 7) is 2.52. The van der Waals surface area contributed by atoms with Crippen molar-refractivity contribution >= 4 is 11.0 Å². The molecule has 3 heteroatoms. The van der Waals surface area contributed by atoms with Gasteiger partial charge in [0.25, 0.3) is 0 Å². The molecule has 0 atom stereocenters. The first kappa shape index (κ1) is 14.5. The van der Waals surface area contributed by atoms with Gasteiger partial charge in [-0.15, -0.1) is 0 Å². The van der Waals surface area contributed by atoms with Gasteiger partial charge in [0, 0.05) is 5.69 Å². The van der Waals surface area contributed by atoms with E-state index in [9.17, 15) is 0 Å². The van der Waals surface area contributed by atoms with Crippen molar-refractivity contribution in [1.29, 1.82) is 0 Å². The molecule has 3 nitrogen and oxygen atoms in total. The molecule has 0 fully saturated rings. The minimum absolute atomic E-state index is 0.423. The number of rotatable bonds is 4. The molecular weight excluding hydrogens is 296 g/mol. The number of fused-ring (bicyclic) bond motifs is 1. The third-order valence-electron chi connectivity index (χ3n) is 4.03. The molecule has 0 aliphatic carbocycles. The zero-order valence-corrected chi connectivity index (χ0v) is 13.5. The maximum atomic E-state index is 5.92. The lowest BCUT2D eigenvalue weighted by Gasteiger charge is -2.11. The van der Waals surface area contributed by atoms with E-state index in [1.807, 2.05) is 48.5 Å². The lowest BCUT2D eigenvalue weighted by Crippen LogP contribution is -2.05. The van der Waals surface area contributed by atoms with Crippen LogP contribution < -0.4 is 4.74 Å². The van der Waals surface area contributed by atoms with Crippen molar-refractivity contribution in [1.82, 2.24) is 9.55 Å². The molecule has 1 aromatic heterocycles. The minimum atomic E-state index is 0.423. The number of imidazole rings is 1. The fourth-order valence-electron chi connectivity index (χ4n) is 2.82. The van der Waals surface area contributed by atoms with Gasteiger partial charge in [-0.05, 0) is 43.3 Å². The van der Waals surface area contributed by atoms with Crippen LogP contribution in [0.1, 0.15) is 11.4 Å². The lowest BCUT2D eigenvalue weighted by atomic mass is 10.2. The Morgan fingerprint density at radius 1 is 0.833 bits per heavy atom. The number of ether oxygens (including phenoxy) is 1. The minimum Gasteiger partial charge on any atom is -0.486 e. The highest BCUT2D eigenvalue weighted by Gasteiger charge is 2.12. The van der Waals surface area contributed by atoms with E-state index in [0.717, 1.165) is 28.3 Å². The molecule has 0 unspecified atom stereocenters. The average molecular weight is 314 g/mol. The predicted molar refractivity (Wildman–Crippen MR) is 96.6 cm³/mol. The van der Waals surface area contributed by atoms with Crippen LogP contribution in [0.3, 0.4) is 0 Å². The molecule has 0 radical (unpaired) electrons. The van der Waals surface area contributed by atoms with Gasteiger partial charge < -0.3 is 4.74 Å². The molecule has 24 heavy (non-hydrogen) atoms. The number of para-hydroxylation sites is 3. The van der Waals surface area contributed by atoms with Crippen molar-refractivity contribution < 1.29 is 4.74 Å². The van der Waals surface area contributed by atoms with Gasteiger partial charge >= 0.3 is 0 Å². The van der Waals surface area contributed by atoms with Gasteiger partial charge in [0.15, 0.2) is 5.82 Å².